The molecule has 0 saturated carbocycles. The maximum absolute atomic E-state index is 9.60. The molecule has 68 valence electrons. The number of hydrogen-bond donors (Lipinski definition) is 1. The highest BCUT2D eigenvalue weighted by molar-refractivity contribution is 5.82. The zero-order valence-electron chi connectivity index (χ0n) is 8.00. The van der Waals surface area contributed by atoms with Gasteiger partial charge in [-0.25, -0.2) is 4.98 Å². The normalized spacial score (nSPS) is 11.0. The van der Waals surface area contributed by atoms with Crippen LogP contribution in [-0.4, -0.2) is 14.7 Å². The predicted octanol–water partition coefficient (Wildman–Crippen LogP) is 1.90. The van der Waals surface area contributed by atoms with E-state index in [0.29, 0.717) is 5.75 Å². The third-order valence-electron chi connectivity index (χ3n) is 2.56. The molecule has 0 aliphatic rings. The topological polar surface area (TPSA) is 38.1 Å². The summed E-state index contributed by atoms with van der Waals surface area (Å²) in [6, 6.07) is 1.75. The van der Waals surface area contributed by atoms with E-state index in [1.165, 1.54) is 0 Å². The zero-order valence-corrected chi connectivity index (χ0v) is 8.00. The lowest BCUT2D eigenvalue weighted by Crippen LogP contribution is -1.87. The number of aromatic hydroxyl groups is 1. The van der Waals surface area contributed by atoms with Gasteiger partial charge >= 0.3 is 0 Å². The number of benzene rings is 1. The molecule has 0 spiro atoms. The number of rotatable bonds is 0. The minimum atomic E-state index is 0.341. The van der Waals surface area contributed by atoms with Crippen LogP contribution in [0.3, 0.4) is 0 Å². The van der Waals surface area contributed by atoms with Gasteiger partial charge in [0.15, 0.2) is 0 Å². The van der Waals surface area contributed by atoms with E-state index in [1.807, 2.05) is 25.5 Å². The Hall–Kier alpha value is -1.51. The molecule has 0 radical (unpaired) electrons. The first kappa shape index (κ1) is 8.10. The average Bonchev–Trinajstić information content (AvgIpc) is 2.45. The number of hydrogen-bond acceptors (Lipinski definition) is 2. The lowest BCUT2D eigenvalue weighted by atomic mass is 10.1. The van der Waals surface area contributed by atoms with Gasteiger partial charge in [0.1, 0.15) is 5.75 Å². The van der Waals surface area contributed by atoms with Gasteiger partial charge in [0, 0.05) is 13.1 Å². The van der Waals surface area contributed by atoms with Gasteiger partial charge in [0.05, 0.1) is 17.4 Å². The minimum Gasteiger partial charge on any atom is -0.508 e. The number of aromatic nitrogens is 2. The van der Waals surface area contributed by atoms with E-state index in [1.54, 1.807) is 12.4 Å². The van der Waals surface area contributed by atoms with E-state index in [-0.39, 0.29) is 0 Å². The van der Waals surface area contributed by atoms with Crippen molar-refractivity contribution in [3.05, 3.63) is 23.5 Å². The first-order valence-corrected chi connectivity index (χ1v) is 4.21. The van der Waals surface area contributed by atoms with Crippen molar-refractivity contribution in [3.8, 4) is 5.75 Å². The van der Waals surface area contributed by atoms with Crippen LogP contribution in [0, 0.1) is 13.8 Å². The molecule has 0 unspecified atom stereocenters. The summed E-state index contributed by atoms with van der Waals surface area (Å²) in [6.45, 7) is 3.88. The van der Waals surface area contributed by atoms with Crippen molar-refractivity contribution in [3.63, 3.8) is 0 Å². The van der Waals surface area contributed by atoms with Gasteiger partial charge in [-0.1, -0.05) is 0 Å². The van der Waals surface area contributed by atoms with E-state index in [2.05, 4.69) is 4.98 Å². The Morgan fingerprint density at radius 2 is 2.00 bits per heavy atom. The van der Waals surface area contributed by atoms with Crippen LogP contribution in [0.2, 0.25) is 0 Å². The van der Waals surface area contributed by atoms with Crippen molar-refractivity contribution in [2.24, 2.45) is 7.05 Å². The van der Waals surface area contributed by atoms with Crippen LogP contribution in [0.4, 0.5) is 0 Å². The Balaban J connectivity index is 2.96. The maximum Gasteiger partial charge on any atom is 0.120 e. The highest BCUT2D eigenvalue weighted by Crippen LogP contribution is 2.27. The molecular formula is C10H12N2O. The summed E-state index contributed by atoms with van der Waals surface area (Å²) < 4.78 is 1.90. The van der Waals surface area contributed by atoms with Crippen LogP contribution in [0.25, 0.3) is 11.0 Å². The quantitative estimate of drug-likeness (QED) is 0.665. The molecule has 3 nitrogen and oxygen atoms in total. The highest BCUT2D eigenvalue weighted by atomic mass is 16.3. The number of aryl methyl sites for hydroxylation is 2. The molecule has 0 atom stereocenters. The van der Waals surface area contributed by atoms with Crippen molar-refractivity contribution in [1.82, 2.24) is 9.55 Å². The van der Waals surface area contributed by atoms with E-state index in [4.69, 9.17) is 0 Å². The van der Waals surface area contributed by atoms with E-state index in [9.17, 15) is 5.11 Å². The van der Waals surface area contributed by atoms with Crippen molar-refractivity contribution in [2.45, 2.75) is 13.8 Å². The number of phenols is 1. The second-order valence-corrected chi connectivity index (χ2v) is 3.37. The lowest BCUT2D eigenvalue weighted by molar-refractivity contribution is 0.471. The number of fused-ring (bicyclic) bond motifs is 1. The largest absolute Gasteiger partial charge is 0.508 e. The maximum atomic E-state index is 9.60. The smallest absolute Gasteiger partial charge is 0.120 e. The molecule has 1 heterocycles. The third-order valence-corrected chi connectivity index (χ3v) is 2.56. The molecule has 0 aliphatic carbocycles. The number of phenolic OH excluding ortho intramolecular Hbond substituents is 1. The van der Waals surface area contributed by atoms with Gasteiger partial charge in [-0.3, -0.25) is 0 Å². The molecule has 0 amide bonds. The summed E-state index contributed by atoms with van der Waals surface area (Å²) in [6.07, 6.45) is 1.76. The van der Waals surface area contributed by atoms with Crippen molar-refractivity contribution < 1.29 is 5.11 Å². The summed E-state index contributed by atoms with van der Waals surface area (Å²) in [5.74, 6) is 0.341. The predicted molar refractivity (Wildman–Crippen MR) is 51.9 cm³/mol. The molecular weight excluding hydrogens is 164 g/mol. The van der Waals surface area contributed by atoms with Crippen molar-refractivity contribution >= 4 is 11.0 Å². The molecule has 13 heavy (non-hydrogen) atoms. The van der Waals surface area contributed by atoms with Gasteiger partial charge < -0.3 is 9.67 Å². The van der Waals surface area contributed by atoms with Crippen LogP contribution in [0.5, 0.6) is 5.75 Å². The fourth-order valence-corrected chi connectivity index (χ4v) is 1.51. The summed E-state index contributed by atoms with van der Waals surface area (Å²) in [5, 5.41) is 9.60. The van der Waals surface area contributed by atoms with Crippen LogP contribution >= 0.6 is 0 Å². The molecule has 0 saturated heterocycles. The number of imidazole rings is 1. The first-order valence-electron chi connectivity index (χ1n) is 4.21. The Kier molecular flexibility index (Phi) is 1.55. The van der Waals surface area contributed by atoms with Gasteiger partial charge in [-0.15, -0.1) is 0 Å². The van der Waals surface area contributed by atoms with Gasteiger partial charge in [0.25, 0.3) is 0 Å². The van der Waals surface area contributed by atoms with Crippen LogP contribution in [0.15, 0.2) is 12.4 Å². The molecule has 2 rings (SSSR count). The number of nitrogens with zero attached hydrogens (tertiary/aromatic N) is 2. The molecule has 0 bridgehead atoms. The summed E-state index contributed by atoms with van der Waals surface area (Å²) in [7, 11) is 1.92. The molecule has 2 aromatic rings. The van der Waals surface area contributed by atoms with Crippen molar-refractivity contribution in [1.29, 1.82) is 0 Å². The standard InChI is InChI=1S/C10H12N2O/c1-6-7(2)10-8(4-9(6)13)12(3)5-11-10/h4-5,13H,1-3H3. The lowest BCUT2D eigenvalue weighted by Gasteiger charge is -2.04. The van der Waals surface area contributed by atoms with Crippen molar-refractivity contribution in [2.75, 3.05) is 0 Å². The fraction of sp³-hybridized carbons (Fsp3) is 0.300. The van der Waals surface area contributed by atoms with E-state index < -0.39 is 0 Å². The molecule has 3 heteroatoms. The molecule has 1 aromatic carbocycles. The summed E-state index contributed by atoms with van der Waals surface area (Å²) in [5.41, 5.74) is 3.90. The summed E-state index contributed by atoms with van der Waals surface area (Å²) in [4.78, 5) is 4.27. The Labute approximate surface area is 76.6 Å². The van der Waals surface area contributed by atoms with Gasteiger partial charge in [0.2, 0.25) is 0 Å². The Morgan fingerprint density at radius 3 is 2.69 bits per heavy atom. The Morgan fingerprint density at radius 1 is 1.31 bits per heavy atom. The molecule has 1 aromatic heterocycles. The van der Waals surface area contributed by atoms with Gasteiger partial charge in [-0.2, -0.15) is 0 Å². The highest BCUT2D eigenvalue weighted by Gasteiger charge is 2.08. The SMILES string of the molecule is Cc1c(O)cc2c(ncn2C)c1C. The van der Waals surface area contributed by atoms with Crippen LogP contribution in [-0.2, 0) is 7.05 Å². The molecule has 0 aliphatic heterocycles. The molecule has 0 fully saturated rings. The van der Waals surface area contributed by atoms with E-state index >= 15 is 0 Å². The van der Waals surface area contributed by atoms with E-state index in [0.717, 1.165) is 22.2 Å². The Bertz CT molecular complexity index is 471. The van der Waals surface area contributed by atoms with Crippen LogP contribution in [0.1, 0.15) is 11.1 Å². The van der Waals surface area contributed by atoms with Gasteiger partial charge in [-0.05, 0) is 25.0 Å². The third kappa shape index (κ3) is 1.00. The van der Waals surface area contributed by atoms with Crippen LogP contribution < -0.4 is 0 Å². The monoisotopic (exact) mass is 176 g/mol. The first-order chi connectivity index (χ1) is 6.11. The summed E-state index contributed by atoms with van der Waals surface area (Å²) >= 11 is 0. The molecule has 1 N–H and O–H groups in total. The zero-order chi connectivity index (χ0) is 9.59. The fourth-order valence-electron chi connectivity index (χ4n) is 1.51. The minimum absolute atomic E-state index is 0.341. The second kappa shape index (κ2) is 2.49. The average molecular weight is 176 g/mol. The second-order valence-electron chi connectivity index (χ2n) is 3.37.